The van der Waals surface area contributed by atoms with Gasteiger partial charge in [0.25, 0.3) is 0 Å². The van der Waals surface area contributed by atoms with Gasteiger partial charge in [-0.1, -0.05) is 77.4 Å². The van der Waals surface area contributed by atoms with E-state index in [1.165, 1.54) is 25.7 Å². The molecular weight excluding hydrogens is 574 g/mol. The summed E-state index contributed by atoms with van der Waals surface area (Å²) in [6.45, 7) is 18.6. The van der Waals surface area contributed by atoms with Crippen LogP contribution in [0.1, 0.15) is 137 Å². The lowest BCUT2D eigenvalue weighted by Gasteiger charge is -2.67. The van der Waals surface area contributed by atoms with Crippen LogP contribution < -0.4 is 5.32 Å². The highest BCUT2D eigenvalue weighted by atomic mass is 16.1. The van der Waals surface area contributed by atoms with Gasteiger partial charge in [-0.15, -0.1) is 6.58 Å². The fourth-order valence-electron chi connectivity index (χ4n) is 12.8. The number of hydrogen-bond donors (Lipinski definition) is 2. The summed E-state index contributed by atoms with van der Waals surface area (Å²) in [5.74, 6) is 8.04. The summed E-state index contributed by atoms with van der Waals surface area (Å²) in [4.78, 5) is 18.5. The van der Waals surface area contributed by atoms with Gasteiger partial charge in [0.05, 0.1) is 17.4 Å². The van der Waals surface area contributed by atoms with Gasteiger partial charge < -0.3 is 10.3 Å². The molecule has 6 fully saturated rings. The summed E-state index contributed by atoms with van der Waals surface area (Å²) in [7, 11) is 0. The summed E-state index contributed by atoms with van der Waals surface area (Å²) < 4.78 is 0. The van der Waals surface area contributed by atoms with Crippen molar-refractivity contribution < 1.29 is 4.79 Å². The first kappa shape index (κ1) is 34.5. The quantitative estimate of drug-likeness (QED) is 0.258. The van der Waals surface area contributed by atoms with Crippen molar-refractivity contribution in [3.05, 3.63) is 55.0 Å². The van der Waals surface area contributed by atoms with Crippen LogP contribution in [-0.2, 0) is 10.3 Å². The maximum atomic E-state index is 10.7. The Bertz CT molecular complexity index is 1360. The van der Waals surface area contributed by atoms with E-state index in [-0.39, 0.29) is 5.54 Å². The molecule has 0 spiro atoms. The predicted molar refractivity (Wildman–Crippen MR) is 196 cm³/mol. The predicted octanol–water partition coefficient (Wildman–Crippen LogP) is 11.1. The number of amides is 1. The Kier molecular flexibility index (Phi) is 9.92. The molecule has 1 aromatic carbocycles. The third kappa shape index (κ3) is 5.96. The van der Waals surface area contributed by atoms with Crippen molar-refractivity contribution in [3.8, 4) is 11.3 Å². The van der Waals surface area contributed by atoms with Crippen LogP contribution in [0, 0.1) is 57.7 Å². The molecule has 1 heterocycles. The van der Waals surface area contributed by atoms with Gasteiger partial charge in [-0.3, -0.25) is 4.79 Å². The molecule has 258 valence electrons. The van der Waals surface area contributed by atoms with E-state index in [1.807, 2.05) is 43.5 Å². The standard InChI is InChI=1S/C26H44.C14H15N3O.C3H6/c1-17-10-15-25(4)20(18(17)2)12-16-26(5)22-11-14-24(3)13-6-7-21(24)19(22)8-9-23(25)26;18-10-16-14(7-4-8-14)13-15-9-12(17-13)11-5-2-1-3-6-11;1-3-2/h17-23H,6-16H2,1-5H3;1-3,5-6,9-10H,4,7-8H2,(H,15,17)(H,16,18);3H,1H2,2H3. The van der Waals surface area contributed by atoms with Crippen molar-refractivity contribution >= 4 is 6.41 Å². The molecule has 4 nitrogen and oxygen atoms in total. The Morgan fingerprint density at radius 3 is 2.19 bits per heavy atom. The third-order valence-corrected chi connectivity index (χ3v) is 15.6. The summed E-state index contributed by atoms with van der Waals surface area (Å²) in [5, 5.41) is 2.90. The average molecular weight is 640 g/mol. The number of imidazole rings is 1. The van der Waals surface area contributed by atoms with Gasteiger partial charge in [0.15, 0.2) is 0 Å². The van der Waals surface area contributed by atoms with E-state index in [9.17, 15) is 4.79 Å². The SMILES string of the molecule is C=CC.CC1CCC2(C)C(CCC3(C)C4CCC5(C)CCCC5C4CCC23)C1C.O=CNC1(c2ncc(-c3ccccc3)[nH]2)CCC1. The molecule has 0 bridgehead atoms. The lowest BCUT2D eigenvalue weighted by molar-refractivity contribution is -0.186. The maximum absolute atomic E-state index is 10.7. The first-order valence-corrected chi connectivity index (χ1v) is 19.4. The van der Waals surface area contributed by atoms with Crippen molar-refractivity contribution in [3.63, 3.8) is 0 Å². The number of nitrogens with one attached hydrogen (secondary N) is 2. The van der Waals surface area contributed by atoms with E-state index in [0.717, 1.165) is 89.6 Å². The van der Waals surface area contributed by atoms with Crippen molar-refractivity contribution in [2.24, 2.45) is 57.7 Å². The van der Waals surface area contributed by atoms with E-state index < -0.39 is 0 Å². The second-order valence-corrected chi connectivity index (χ2v) is 17.7. The highest BCUT2D eigenvalue weighted by Crippen LogP contribution is 2.72. The average Bonchev–Trinajstić information content (AvgIpc) is 3.70. The molecule has 2 aromatic rings. The van der Waals surface area contributed by atoms with E-state index in [0.29, 0.717) is 10.8 Å². The molecule has 6 saturated carbocycles. The highest BCUT2D eigenvalue weighted by Gasteiger charge is 2.63. The number of carbonyl (C=O) groups is 1. The van der Waals surface area contributed by atoms with Gasteiger partial charge in [0.1, 0.15) is 5.82 Å². The lowest BCUT2D eigenvalue weighted by Crippen LogP contribution is -2.60. The monoisotopic (exact) mass is 640 g/mol. The molecule has 0 saturated heterocycles. The number of benzene rings is 1. The van der Waals surface area contributed by atoms with Crippen molar-refractivity contribution in [2.75, 3.05) is 0 Å². The topological polar surface area (TPSA) is 57.8 Å². The Hall–Kier alpha value is -2.36. The van der Waals surface area contributed by atoms with Crippen molar-refractivity contribution in [2.45, 2.75) is 137 Å². The smallest absolute Gasteiger partial charge is 0.207 e. The number of allylic oxidation sites excluding steroid dienone is 1. The van der Waals surface area contributed by atoms with Crippen LogP contribution >= 0.6 is 0 Å². The van der Waals surface area contributed by atoms with Gasteiger partial charge in [0, 0.05) is 0 Å². The minimum Gasteiger partial charge on any atom is -0.346 e. The number of fused-ring (bicyclic) bond motifs is 7. The van der Waals surface area contributed by atoms with Gasteiger partial charge >= 0.3 is 0 Å². The Labute approximate surface area is 286 Å². The fraction of sp³-hybridized carbons (Fsp3) is 0.721. The van der Waals surface area contributed by atoms with Gasteiger partial charge in [-0.25, -0.2) is 4.98 Å². The Balaban J connectivity index is 0.000000161. The molecule has 47 heavy (non-hydrogen) atoms. The van der Waals surface area contributed by atoms with Crippen molar-refractivity contribution in [1.82, 2.24) is 15.3 Å². The van der Waals surface area contributed by atoms with E-state index in [4.69, 9.17) is 0 Å². The number of H-pyrrole nitrogens is 1. The molecule has 10 unspecified atom stereocenters. The van der Waals surface area contributed by atoms with Crippen LogP contribution in [-0.4, -0.2) is 16.4 Å². The van der Waals surface area contributed by atoms with Gasteiger partial charge in [-0.05, 0) is 154 Å². The number of nitrogens with zero attached hydrogens (tertiary/aromatic N) is 1. The second kappa shape index (κ2) is 13.5. The minimum atomic E-state index is -0.269. The zero-order valence-corrected chi connectivity index (χ0v) is 30.6. The summed E-state index contributed by atoms with van der Waals surface area (Å²) >= 11 is 0. The molecule has 6 aliphatic carbocycles. The molecule has 10 atom stereocenters. The molecule has 0 radical (unpaired) electrons. The highest BCUT2D eigenvalue weighted by molar-refractivity contribution is 5.58. The van der Waals surface area contributed by atoms with Crippen LogP contribution in [0.2, 0.25) is 0 Å². The zero-order valence-electron chi connectivity index (χ0n) is 30.6. The molecule has 1 amide bonds. The third-order valence-electron chi connectivity index (χ3n) is 15.6. The molecule has 6 aliphatic rings. The Morgan fingerprint density at radius 1 is 0.830 bits per heavy atom. The van der Waals surface area contributed by atoms with Gasteiger partial charge in [-0.2, -0.15) is 0 Å². The van der Waals surface area contributed by atoms with Crippen LogP contribution in [0.3, 0.4) is 0 Å². The van der Waals surface area contributed by atoms with E-state index in [2.05, 4.69) is 56.5 Å². The minimum absolute atomic E-state index is 0.269. The second-order valence-electron chi connectivity index (χ2n) is 17.7. The molecule has 1 aromatic heterocycles. The largest absolute Gasteiger partial charge is 0.346 e. The summed E-state index contributed by atoms with van der Waals surface area (Å²) in [6, 6.07) is 10.1. The van der Waals surface area contributed by atoms with E-state index >= 15 is 0 Å². The summed E-state index contributed by atoms with van der Waals surface area (Å²) in [5.41, 5.74) is 3.87. The van der Waals surface area contributed by atoms with Gasteiger partial charge in [0.2, 0.25) is 6.41 Å². The number of aromatic nitrogens is 2. The normalized spacial score (nSPS) is 41.0. The molecule has 2 N–H and O–H groups in total. The van der Waals surface area contributed by atoms with E-state index in [1.54, 1.807) is 51.0 Å². The fourth-order valence-corrected chi connectivity index (χ4v) is 12.8. The number of hydrogen-bond acceptors (Lipinski definition) is 2. The van der Waals surface area contributed by atoms with Crippen LogP contribution in [0.15, 0.2) is 49.2 Å². The maximum Gasteiger partial charge on any atom is 0.207 e. The molecule has 0 aliphatic heterocycles. The number of rotatable bonds is 4. The molecule has 4 heteroatoms. The molecular formula is C43H65N3O. The number of aromatic amines is 1. The number of carbonyl (C=O) groups excluding carboxylic acids is 1. The first-order valence-electron chi connectivity index (χ1n) is 19.4. The first-order chi connectivity index (χ1) is 22.5. The van der Waals surface area contributed by atoms with Crippen molar-refractivity contribution in [1.29, 1.82) is 0 Å². The molecule has 8 rings (SSSR count). The van der Waals surface area contributed by atoms with Crippen LogP contribution in [0.4, 0.5) is 0 Å². The zero-order chi connectivity index (χ0) is 33.5. The summed E-state index contributed by atoms with van der Waals surface area (Å²) in [6.07, 6.45) is 24.4. The van der Waals surface area contributed by atoms with Crippen LogP contribution in [0.5, 0.6) is 0 Å². The Morgan fingerprint density at radius 2 is 1.51 bits per heavy atom. The van der Waals surface area contributed by atoms with Crippen LogP contribution in [0.25, 0.3) is 11.3 Å². The lowest BCUT2D eigenvalue weighted by atomic mass is 9.37.